The van der Waals surface area contributed by atoms with Crippen molar-refractivity contribution in [2.45, 2.75) is 13.0 Å². The molecule has 0 spiro atoms. The predicted molar refractivity (Wildman–Crippen MR) is 140 cm³/mol. The Morgan fingerprint density at radius 1 is 1.21 bits per heavy atom. The van der Waals surface area contributed by atoms with Crippen molar-refractivity contribution in [1.29, 1.82) is 0 Å². The summed E-state index contributed by atoms with van der Waals surface area (Å²) in [6.07, 6.45) is -0.219. The first-order valence-corrected chi connectivity index (χ1v) is 11.5. The molecular formula is C26H17ClN4O7. The van der Waals surface area contributed by atoms with E-state index in [4.69, 9.17) is 20.8 Å². The number of fused-ring (bicyclic) bond motifs is 2. The fraction of sp³-hybridized carbons (Fsp3) is 0.0769. The van der Waals surface area contributed by atoms with Crippen LogP contribution in [0, 0.1) is 10.1 Å². The molecule has 0 saturated carbocycles. The van der Waals surface area contributed by atoms with Gasteiger partial charge in [0.2, 0.25) is 11.6 Å². The molecule has 0 aliphatic heterocycles. The molecule has 5 rings (SSSR count). The SMILES string of the molecule is C[C@@H](Oc1c(C=Nn2c(-c3cc4cc(Cl)ccc4o3)nc3ccccc3c2=O)cccc1[N+](=O)[O-])C(=O)O. The number of carboxylic acids is 1. The van der Waals surface area contributed by atoms with E-state index < -0.39 is 28.2 Å². The highest BCUT2D eigenvalue weighted by molar-refractivity contribution is 6.31. The van der Waals surface area contributed by atoms with Gasteiger partial charge in [0.25, 0.3) is 5.56 Å². The van der Waals surface area contributed by atoms with Crippen LogP contribution in [-0.4, -0.2) is 38.0 Å². The van der Waals surface area contributed by atoms with Crippen molar-refractivity contribution in [3.05, 3.63) is 97.8 Å². The smallest absolute Gasteiger partial charge is 0.344 e. The molecule has 3 aromatic carbocycles. The van der Waals surface area contributed by atoms with Crippen LogP contribution in [0.5, 0.6) is 5.75 Å². The minimum Gasteiger partial charge on any atom is -0.479 e. The van der Waals surface area contributed by atoms with Crippen LogP contribution in [0.15, 0.2) is 81.0 Å². The zero-order chi connectivity index (χ0) is 27.0. The Morgan fingerprint density at radius 3 is 2.76 bits per heavy atom. The van der Waals surface area contributed by atoms with Gasteiger partial charge < -0.3 is 14.3 Å². The molecule has 0 radical (unpaired) electrons. The molecular weight excluding hydrogens is 516 g/mol. The van der Waals surface area contributed by atoms with E-state index in [1.54, 1.807) is 48.5 Å². The van der Waals surface area contributed by atoms with E-state index >= 15 is 0 Å². The molecule has 11 nitrogen and oxygen atoms in total. The van der Waals surface area contributed by atoms with Gasteiger partial charge in [-0.05, 0) is 49.4 Å². The van der Waals surface area contributed by atoms with Crippen LogP contribution in [0.3, 0.4) is 0 Å². The number of aromatic nitrogens is 2. The molecule has 1 N–H and O–H groups in total. The number of carboxylic acid groups (broad SMARTS) is 1. The molecule has 0 aliphatic carbocycles. The standard InChI is InChI=1S/C26H17ClN4O7/c1-14(26(33)34)37-23-15(5-4-8-20(23)31(35)36)13-28-30-24(29-19-7-3-2-6-18(19)25(30)32)22-12-16-11-17(27)9-10-21(16)38-22/h2-14H,1H3,(H,33,34)/t14-/m1/s1. The van der Waals surface area contributed by atoms with Gasteiger partial charge in [0.1, 0.15) is 5.58 Å². The zero-order valence-corrected chi connectivity index (χ0v) is 20.3. The van der Waals surface area contributed by atoms with Crippen molar-refractivity contribution < 1.29 is 24.0 Å². The maximum Gasteiger partial charge on any atom is 0.344 e. The van der Waals surface area contributed by atoms with Crippen molar-refractivity contribution in [1.82, 2.24) is 9.66 Å². The number of para-hydroxylation sites is 2. The molecule has 0 bridgehead atoms. The minimum atomic E-state index is -1.38. The number of hydrogen-bond donors (Lipinski definition) is 1. The molecule has 0 amide bonds. The van der Waals surface area contributed by atoms with Crippen LogP contribution in [0.4, 0.5) is 5.69 Å². The van der Waals surface area contributed by atoms with E-state index in [2.05, 4.69) is 10.1 Å². The van der Waals surface area contributed by atoms with Crippen molar-refractivity contribution in [3.63, 3.8) is 0 Å². The summed E-state index contributed by atoms with van der Waals surface area (Å²) >= 11 is 6.10. The van der Waals surface area contributed by atoms with Crippen LogP contribution in [0.25, 0.3) is 33.5 Å². The van der Waals surface area contributed by atoms with Gasteiger partial charge in [0.15, 0.2) is 11.9 Å². The van der Waals surface area contributed by atoms with Gasteiger partial charge in [-0.15, -0.1) is 0 Å². The number of carbonyl (C=O) groups is 1. The van der Waals surface area contributed by atoms with Crippen LogP contribution in [-0.2, 0) is 4.79 Å². The third kappa shape index (κ3) is 4.58. The largest absolute Gasteiger partial charge is 0.479 e. The first-order chi connectivity index (χ1) is 18.2. The Labute approximate surface area is 218 Å². The number of nitro groups is 1. The second kappa shape index (κ2) is 9.79. The number of ether oxygens (including phenoxy) is 1. The summed E-state index contributed by atoms with van der Waals surface area (Å²) in [6.45, 7) is 1.24. The van der Waals surface area contributed by atoms with Crippen molar-refractivity contribution in [2.75, 3.05) is 0 Å². The fourth-order valence-corrected chi connectivity index (χ4v) is 3.96. The molecule has 38 heavy (non-hydrogen) atoms. The van der Waals surface area contributed by atoms with Crippen LogP contribution < -0.4 is 10.3 Å². The predicted octanol–water partition coefficient (Wildman–Crippen LogP) is 5.11. The van der Waals surface area contributed by atoms with Crippen LogP contribution in [0.1, 0.15) is 12.5 Å². The number of halogens is 1. The van der Waals surface area contributed by atoms with Gasteiger partial charge in [0, 0.05) is 22.0 Å². The highest BCUT2D eigenvalue weighted by Crippen LogP contribution is 2.32. The third-order valence-corrected chi connectivity index (χ3v) is 5.86. The first-order valence-electron chi connectivity index (χ1n) is 11.2. The average molecular weight is 533 g/mol. The van der Waals surface area contributed by atoms with Gasteiger partial charge in [-0.25, -0.2) is 9.78 Å². The molecule has 190 valence electrons. The van der Waals surface area contributed by atoms with E-state index in [0.29, 0.717) is 21.5 Å². The van der Waals surface area contributed by atoms with E-state index in [0.717, 1.165) is 10.9 Å². The van der Waals surface area contributed by atoms with Crippen LogP contribution in [0.2, 0.25) is 5.02 Å². The molecule has 1 atom stereocenters. The third-order valence-electron chi connectivity index (χ3n) is 5.63. The van der Waals surface area contributed by atoms with E-state index in [-0.39, 0.29) is 28.3 Å². The summed E-state index contributed by atoms with van der Waals surface area (Å²) < 4.78 is 12.3. The normalized spacial score (nSPS) is 12.3. The Bertz CT molecular complexity index is 1830. The van der Waals surface area contributed by atoms with E-state index in [1.165, 1.54) is 25.1 Å². The lowest BCUT2D eigenvalue weighted by molar-refractivity contribution is -0.386. The summed E-state index contributed by atoms with van der Waals surface area (Å²) in [5, 5.41) is 26.6. The lowest BCUT2D eigenvalue weighted by Gasteiger charge is -2.13. The molecule has 0 unspecified atom stereocenters. The summed E-state index contributed by atoms with van der Waals surface area (Å²) in [4.78, 5) is 40.3. The lowest BCUT2D eigenvalue weighted by atomic mass is 10.2. The van der Waals surface area contributed by atoms with E-state index in [1.807, 2.05) is 0 Å². The van der Waals surface area contributed by atoms with Crippen LogP contribution >= 0.6 is 11.6 Å². The Kier molecular flexibility index (Phi) is 6.35. The number of aliphatic carboxylic acids is 1. The summed E-state index contributed by atoms with van der Waals surface area (Å²) in [5.41, 5.74) is 0.0220. The van der Waals surface area contributed by atoms with Crippen molar-refractivity contribution >= 4 is 51.3 Å². The Hall–Kier alpha value is -5.03. The number of nitro benzene ring substituents is 1. The number of hydrogen-bond acceptors (Lipinski definition) is 8. The summed E-state index contributed by atoms with van der Waals surface area (Å²) in [7, 11) is 0. The number of furan rings is 1. The zero-order valence-electron chi connectivity index (χ0n) is 19.6. The van der Waals surface area contributed by atoms with E-state index in [9.17, 15) is 24.8 Å². The molecule has 2 heterocycles. The highest BCUT2D eigenvalue weighted by atomic mass is 35.5. The van der Waals surface area contributed by atoms with Gasteiger partial charge in [-0.3, -0.25) is 14.9 Å². The van der Waals surface area contributed by atoms with Crippen molar-refractivity contribution in [3.8, 4) is 17.3 Å². The second-order valence-corrected chi connectivity index (χ2v) is 8.59. The molecule has 12 heteroatoms. The number of benzene rings is 3. The molecule has 0 saturated heterocycles. The average Bonchev–Trinajstić information content (AvgIpc) is 3.31. The maximum absolute atomic E-state index is 13.5. The number of rotatable bonds is 7. The molecule has 2 aromatic heterocycles. The molecule has 0 fully saturated rings. The quantitative estimate of drug-likeness (QED) is 0.173. The lowest BCUT2D eigenvalue weighted by Crippen LogP contribution is -2.24. The Balaban J connectivity index is 1.70. The highest BCUT2D eigenvalue weighted by Gasteiger charge is 2.24. The maximum atomic E-state index is 13.5. The monoisotopic (exact) mass is 532 g/mol. The molecule has 0 aliphatic rings. The first kappa shape index (κ1) is 24.7. The minimum absolute atomic E-state index is 0.0732. The second-order valence-electron chi connectivity index (χ2n) is 8.16. The van der Waals surface area contributed by atoms with Gasteiger partial charge in [-0.1, -0.05) is 29.8 Å². The summed E-state index contributed by atoms with van der Waals surface area (Å²) in [6, 6.07) is 17.4. The van der Waals surface area contributed by atoms with Gasteiger partial charge >= 0.3 is 11.7 Å². The topological polar surface area (TPSA) is 150 Å². The van der Waals surface area contributed by atoms with Gasteiger partial charge in [0.05, 0.1) is 22.0 Å². The summed E-state index contributed by atoms with van der Waals surface area (Å²) in [5.74, 6) is -1.31. The van der Waals surface area contributed by atoms with Gasteiger partial charge in [-0.2, -0.15) is 9.78 Å². The Morgan fingerprint density at radius 2 is 2.00 bits per heavy atom. The fourth-order valence-electron chi connectivity index (χ4n) is 3.78. The number of nitrogens with zero attached hydrogens (tertiary/aromatic N) is 4. The molecule has 5 aromatic rings. The van der Waals surface area contributed by atoms with Crippen molar-refractivity contribution in [2.24, 2.45) is 5.10 Å².